The standard InChI is InChI=1S/C30H23F4N5O/c1-19-23-18-38(29(40)35-25-11-6-5-10-24(25)30(32,33)34)27(20-13-15-21(31)16-14-20)26-12-7-17-37(26)28(23)39(36-19)22-8-3-2-4-9-22/h2-17,27H,18H2,1H3,(H,35,40). The Labute approximate surface area is 227 Å². The number of amides is 2. The highest BCUT2D eigenvalue weighted by Gasteiger charge is 2.38. The summed E-state index contributed by atoms with van der Waals surface area (Å²) in [6, 6.07) is 22.3. The maximum atomic E-state index is 13.9. The zero-order valence-corrected chi connectivity index (χ0v) is 21.2. The molecule has 0 saturated carbocycles. The van der Waals surface area contributed by atoms with E-state index >= 15 is 0 Å². The third kappa shape index (κ3) is 4.41. The van der Waals surface area contributed by atoms with E-state index in [1.165, 1.54) is 35.2 Å². The van der Waals surface area contributed by atoms with Gasteiger partial charge in [0.05, 0.1) is 40.9 Å². The quantitative estimate of drug-likeness (QED) is 0.243. The second-order valence-electron chi connectivity index (χ2n) is 9.49. The minimum absolute atomic E-state index is 0.0394. The second-order valence-corrected chi connectivity index (χ2v) is 9.49. The van der Waals surface area contributed by atoms with E-state index in [2.05, 4.69) is 5.32 Å². The summed E-state index contributed by atoms with van der Waals surface area (Å²) in [5.41, 5.74) is 2.16. The maximum absolute atomic E-state index is 13.9. The first-order valence-corrected chi connectivity index (χ1v) is 12.5. The number of carbonyl (C=O) groups is 1. The van der Waals surface area contributed by atoms with Crippen LogP contribution >= 0.6 is 0 Å². The molecule has 1 atom stereocenters. The number of para-hydroxylation sites is 2. The fourth-order valence-corrected chi connectivity index (χ4v) is 5.17. The molecule has 3 aromatic carbocycles. The summed E-state index contributed by atoms with van der Waals surface area (Å²) in [4.78, 5) is 15.4. The van der Waals surface area contributed by atoms with Gasteiger partial charge in [0.15, 0.2) is 0 Å². The fourth-order valence-electron chi connectivity index (χ4n) is 5.17. The molecule has 0 bridgehead atoms. The molecule has 40 heavy (non-hydrogen) atoms. The minimum atomic E-state index is -4.66. The van der Waals surface area contributed by atoms with Gasteiger partial charge >= 0.3 is 12.2 Å². The molecule has 0 aliphatic carbocycles. The number of carbonyl (C=O) groups excluding carboxylic acids is 1. The fraction of sp³-hybridized carbons (Fsp3) is 0.133. The van der Waals surface area contributed by atoms with Crippen LogP contribution in [0.2, 0.25) is 0 Å². The molecular formula is C30H23F4N5O. The van der Waals surface area contributed by atoms with Gasteiger partial charge in [-0.1, -0.05) is 42.5 Å². The molecule has 1 unspecified atom stereocenters. The molecule has 1 aliphatic heterocycles. The summed E-state index contributed by atoms with van der Waals surface area (Å²) in [6.07, 6.45) is -2.81. The Bertz CT molecular complexity index is 1690. The molecule has 0 radical (unpaired) electrons. The molecule has 0 spiro atoms. The highest BCUT2D eigenvalue weighted by Crippen LogP contribution is 2.40. The number of fused-ring (bicyclic) bond motifs is 3. The molecule has 1 N–H and O–H groups in total. The Kier molecular flexibility index (Phi) is 6.17. The van der Waals surface area contributed by atoms with Gasteiger partial charge in [-0.25, -0.2) is 13.9 Å². The Balaban J connectivity index is 1.52. The zero-order chi connectivity index (χ0) is 28.0. The lowest BCUT2D eigenvalue weighted by Gasteiger charge is -2.31. The van der Waals surface area contributed by atoms with Crippen molar-refractivity contribution in [1.82, 2.24) is 19.2 Å². The normalized spacial score (nSPS) is 14.8. The average Bonchev–Trinajstić information content (AvgIpc) is 3.50. The van der Waals surface area contributed by atoms with Crippen molar-refractivity contribution in [3.63, 3.8) is 0 Å². The van der Waals surface area contributed by atoms with E-state index in [0.29, 0.717) is 22.8 Å². The predicted molar refractivity (Wildman–Crippen MR) is 142 cm³/mol. The molecule has 2 amide bonds. The van der Waals surface area contributed by atoms with Crippen LogP contribution in [0.15, 0.2) is 97.2 Å². The molecule has 3 heterocycles. The number of aryl methyl sites for hydroxylation is 1. The maximum Gasteiger partial charge on any atom is 0.418 e. The molecule has 6 rings (SSSR count). The van der Waals surface area contributed by atoms with Gasteiger partial charge in [-0.2, -0.15) is 18.3 Å². The number of hydrogen-bond acceptors (Lipinski definition) is 2. The van der Waals surface area contributed by atoms with Crippen molar-refractivity contribution in [3.8, 4) is 11.5 Å². The topological polar surface area (TPSA) is 55.1 Å². The summed E-state index contributed by atoms with van der Waals surface area (Å²) in [7, 11) is 0. The first kappa shape index (κ1) is 25.4. The van der Waals surface area contributed by atoms with E-state index in [9.17, 15) is 22.4 Å². The molecule has 6 nitrogen and oxygen atoms in total. The summed E-state index contributed by atoms with van der Waals surface area (Å²) in [5, 5.41) is 7.25. The van der Waals surface area contributed by atoms with Gasteiger partial charge in [-0.05, 0) is 61.0 Å². The summed E-state index contributed by atoms with van der Waals surface area (Å²) in [5.74, 6) is 0.267. The average molecular weight is 546 g/mol. The smallest absolute Gasteiger partial charge is 0.307 e. The second kappa shape index (κ2) is 9.71. The molecule has 0 saturated heterocycles. The van der Waals surface area contributed by atoms with Gasteiger partial charge in [0.2, 0.25) is 0 Å². The van der Waals surface area contributed by atoms with E-state index in [1.807, 2.05) is 60.2 Å². The van der Waals surface area contributed by atoms with Gasteiger partial charge < -0.3 is 14.8 Å². The molecule has 202 valence electrons. The minimum Gasteiger partial charge on any atom is -0.307 e. The van der Waals surface area contributed by atoms with Crippen LogP contribution in [0.3, 0.4) is 0 Å². The van der Waals surface area contributed by atoms with Crippen LogP contribution < -0.4 is 5.32 Å². The number of aromatic nitrogens is 3. The first-order valence-electron chi connectivity index (χ1n) is 12.5. The third-order valence-electron chi connectivity index (χ3n) is 7.01. The van der Waals surface area contributed by atoms with Crippen molar-refractivity contribution in [2.24, 2.45) is 0 Å². The number of nitrogens with one attached hydrogen (secondary N) is 1. The predicted octanol–water partition coefficient (Wildman–Crippen LogP) is 7.27. The van der Waals surface area contributed by atoms with Crippen molar-refractivity contribution >= 4 is 11.7 Å². The molecule has 10 heteroatoms. The number of anilines is 1. The number of urea groups is 1. The lowest BCUT2D eigenvalue weighted by Crippen LogP contribution is -2.38. The number of halogens is 4. The summed E-state index contributed by atoms with van der Waals surface area (Å²) >= 11 is 0. The van der Waals surface area contributed by atoms with Crippen molar-refractivity contribution in [3.05, 3.63) is 131 Å². The highest BCUT2D eigenvalue weighted by atomic mass is 19.4. The molecule has 2 aromatic heterocycles. The molecule has 0 fully saturated rings. The SMILES string of the molecule is Cc1nn(-c2ccccc2)c2c1CN(C(=O)Nc1ccccc1C(F)(F)F)C(c1ccc(F)cc1)c1cccn1-2. The van der Waals surface area contributed by atoms with Crippen LogP contribution in [0.25, 0.3) is 11.5 Å². The third-order valence-corrected chi connectivity index (χ3v) is 7.01. The Hall–Kier alpha value is -4.86. The Morgan fingerprint density at radius 1 is 0.925 bits per heavy atom. The van der Waals surface area contributed by atoms with Gasteiger partial charge in [0.25, 0.3) is 0 Å². The molecular weight excluding hydrogens is 522 g/mol. The number of nitrogens with zero attached hydrogens (tertiary/aromatic N) is 4. The van der Waals surface area contributed by atoms with E-state index in [4.69, 9.17) is 5.10 Å². The molecule has 5 aromatic rings. The van der Waals surface area contributed by atoms with Crippen molar-refractivity contribution < 1.29 is 22.4 Å². The Morgan fingerprint density at radius 3 is 2.35 bits per heavy atom. The number of benzene rings is 3. The zero-order valence-electron chi connectivity index (χ0n) is 21.2. The number of alkyl halides is 3. The van der Waals surface area contributed by atoms with Crippen LogP contribution in [0.1, 0.15) is 34.1 Å². The van der Waals surface area contributed by atoms with Gasteiger partial charge in [-0.3, -0.25) is 0 Å². The van der Waals surface area contributed by atoms with E-state index in [-0.39, 0.29) is 12.2 Å². The lowest BCUT2D eigenvalue weighted by atomic mass is 10.0. The first-order chi connectivity index (χ1) is 19.2. The van der Waals surface area contributed by atoms with Crippen molar-refractivity contribution in [2.75, 3.05) is 5.32 Å². The van der Waals surface area contributed by atoms with Crippen molar-refractivity contribution in [2.45, 2.75) is 25.7 Å². The summed E-state index contributed by atoms with van der Waals surface area (Å²) in [6.45, 7) is 1.87. The van der Waals surface area contributed by atoms with Gasteiger partial charge in [0.1, 0.15) is 11.6 Å². The van der Waals surface area contributed by atoms with Crippen molar-refractivity contribution in [1.29, 1.82) is 0 Å². The number of hydrogen-bond donors (Lipinski definition) is 1. The van der Waals surface area contributed by atoms with Crippen LogP contribution in [0, 0.1) is 12.7 Å². The van der Waals surface area contributed by atoms with Crippen LogP contribution in [0.4, 0.5) is 28.0 Å². The number of rotatable bonds is 3. The van der Waals surface area contributed by atoms with E-state index < -0.39 is 29.6 Å². The largest absolute Gasteiger partial charge is 0.418 e. The molecule has 1 aliphatic rings. The van der Waals surface area contributed by atoms with Crippen LogP contribution in [-0.2, 0) is 12.7 Å². The van der Waals surface area contributed by atoms with Crippen LogP contribution in [0.5, 0.6) is 0 Å². The summed E-state index contributed by atoms with van der Waals surface area (Å²) < 4.78 is 58.8. The van der Waals surface area contributed by atoms with Gasteiger partial charge in [-0.15, -0.1) is 0 Å². The highest BCUT2D eigenvalue weighted by molar-refractivity contribution is 5.91. The van der Waals surface area contributed by atoms with Gasteiger partial charge in [0, 0.05) is 11.8 Å². The Morgan fingerprint density at radius 2 is 1.62 bits per heavy atom. The monoisotopic (exact) mass is 545 g/mol. The van der Waals surface area contributed by atoms with E-state index in [0.717, 1.165) is 17.3 Å². The van der Waals surface area contributed by atoms with E-state index in [1.54, 1.807) is 16.8 Å². The van der Waals surface area contributed by atoms with Crippen LogP contribution in [-0.4, -0.2) is 25.3 Å². The lowest BCUT2D eigenvalue weighted by molar-refractivity contribution is -0.136.